The van der Waals surface area contributed by atoms with Crippen molar-refractivity contribution in [3.63, 3.8) is 0 Å². The zero-order chi connectivity index (χ0) is 27.9. The van der Waals surface area contributed by atoms with Crippen LogP contribution in [0.15, 0.2) is 84.9 Å². The topological polar surface area (TPSA) is 95.7 Å². The largest absolute Gasteiger partial charge is 0.494 e. The van der Waals surface area contributed by atoms with Gasteiger partial charge in [0.05, 0.1) is 11.5 Å². The lowest BCUT2D eigenvalue weighted by atomic mass is 10.1. The highest BCUT2D eigenvalue weighted by atomic mass is 16.6. The van der Waals surface area contributed by atoms with E-state index in [0.717, 1.165) is 17.7 Å². The van der Waals surface area contributed by atoms with Crippen LogP contribution < -0.4 is 9.47 Å². The Labute approximate surface area is 228 Å². The SMILES string of the molecule is CCCCCCCCOc1ccc(/C=C/C(=O)Oc2cccc(/C=C/C(=O)c3ccc([N+](=O)[O-])cc3)c2)cc1. The third kappa shape index (κ3) is 10.4. The first-order chi connectivity index (χ1) is 18.9. The molecule has 0 aliphatic carbocycles. The average Bonchev–Trinajstić information content (AvgIpc) is 2.95. The lowest BCUT2D eigenvalue weighted by Crippen LogP contribution is -2.03. The minimum absolute atomic E-state index is 0.0797. The van der Waals surface area contributed by atoms with Crippen molar-refractivity contribution in [3.05, 3.63) is 112 Å². The predicted octanol–water partition coefficient (Wildman–Crippen LogP) is 7.85. The number of esters is 1. The molecule has 0 aliphatic rings. The van der Waals surface area contributed by atoms with Crippen LogP contribution >= 0.6 is 0 Å². The highest BCUT2D eigenvalue weighted by molar-refractivity contribution is 6.06. The second-order valence-electron chi connectivity index (χ2n) is 9.01. The maximum atomic E-state index is 12.4. The van der Waals surface area contributed by atoms with Crippen LogP contribution in [0.1, 0.15) is 66.9 Å². The number of hydrogen-bond donors (Lipinski definition) is 0. The summed E-state index contributed by atoms with van der Waals surface area (Å²) in [6.07, 6.45) is 13.3. The zero-order valence-electron chi connectivity index (χ0n) is 22.1. The quantitative estimate of drug-likeness (QED) is 0.0380. The number of rotatable bonds is 15. The molecule has 39 heavy (non-hydrogen) atoms. The molecule has 0 saturated carbocycles. The molecule has 0 unspecified atom stereocenters. The Bertz CT molecular complexity index is 1290. The standard InChI is InChI=1S/C32H33NO6/c1-2-3-4-5-6-7-23-38-29-19-11-25(12-20-29)14-22-32(35)39-30-10-8-9-26(24-30)13-21-31(34)27-15-17-28(18-16-27)33(36)37/h8-22,24H,2-7,23H2,1H3/b21-13+,22-14+. The molecule has 3 aromatic carbocycles. The third-order valence-corrected chi connectivity index (χ3v) is 5.92. The fraction of sp³-hybridized carbons (Fsp3) is 0.250. The summed E-state index contributed by atoms with van der Waals surface area (Å²) in [5, 5.41) is 10.8. The molecule has 0 atom stereocenters. The van der Waals surface area contributed by atoms with Crippen molar-refractivity contribution in [3.8, 4) is 11.5 Å². The van der Waals surface area contributed by atoms with Gasteiger partial charge in [0, 0.05) is 23.8 Å². The maximum Gasteiger partial charge on any atom is 0.336 e. The first kappa shape index (κ1) is 29.0. The Balaban J connectivity index is 1.46. The van der Waals surface area contributed by atoms with Gasteiger partial charge in [-0.15, -0.1) is 0 Å². The fourth-order valence-corrected chi connectivity index (χ4v) is 3.76. The van der Waals surface area contributed by atoms with E-state index in [9.17, 15) is 19.7 Å². The number of ketones is 1. The van der Waals surface area contributed by atoms with Crippen LogP contribution in [0.5, 0.6) is 11.5 Å². The molecule has 3 aromatic rings. The molecule has 0 spiro atoms. The number of allylic oxidation sites excluding steroid dienone is 1. The number of carbonyl (C=O) groups excluding carboxylic acids is 2. The van der Waals surface area contributed by atoms with Gasteiger partial charge < -0.3 is 9.47 Å². The Hall–Kier alpha value is -4.52. The van der Waals surface area contributed by atoms with Crippen molar-refractivity contribution >= 4 is 29.6 Å². The van der Waals surface area contributed by atoms with Crippen LogP contribution in [-0.4, -0.2) is 23.3 Å². The number of non-ortho nitro benzene ring substituents is 1. The first-order valence-corrected chi connectivity index (χ1v) is 13.1. The second-order valence-corrected chi connectivity index (χ2v) is 9.01. The van der Waals surface area contributed by atoms with Gasteiger partial charge in [0.2, 0.25) is 0 Å². The lowest BCUT2D eigenvalue weighted by Gasteiger charge is -2.06. The Morgan fingerprint density at radius 3 is 2.21 bits per heavy atom. The predicted molar refractivity (Wildman–Crippen MR) is 153 cm³/mol. The molecule has 0 radical (unpaired) electrons. The summed E-state index contributed by atoms with van der Waals surface area (Å²) in [4.78, 5) is 34.9. The molecule has 202 valence electrons. The van der Waals surface area contributed by atoms with Gasteiger partial charge in [-0.05, 0) is 66.1 Å². The number of carbonyl (C=O) groups is 2. The van der Waals surface area contributed by atoms with E-state index >= 15 is 0 Å². The number of benzene rings is 3. The molecular formula is C32H33NO6. The van der Waals surface area contributed by atoms with Gasteiger partial charge in [-0.25, -0.2) is 4.79 Å². The van der Waals surface area contributed by atoms with Gasteiger partial charge in [0.1, 0.15) is 11.5 Å². The van der Waals surface area contributed by atoms with E-state index in [1.54, 1.807) is 36.4 Å². The number of unbranched alkanes of at least 4 members (excludes halogenated alkanes) is 5. The molecule has 0 N–H and O–H groups in total. The first-order valence-electron chi connectivity index (χ1n) is 13.1. The summed E-state index contributed by atoms with van der Waals surface area (Å²) in [6, 6.07) is 19.7. The van der Waals surface area contributed by atoms with Gasteiger partial charge >= 0.3 is 5.97 Å². The highest BCUT2D eigenvalue weighted by Gasteiger charge is 2.07. The van der Waals surface area contributed by atoms with Crippen molar-refractivity contribution in [2.24, 2.45) is 0 Å². The van der Waals surface area contributed by atoms with Gasteiger partial charge in [-0.3, -0.25) is 14.9 Å². The highest BCUT2D eigenvalue weighted by Crippen LogP contribution is 2.18. The summed E-state index contributed by atoms with van der Waals surface area (Å²) in [6.45, 7) is 2.91. The molecule has 0 amide bonds. The normalized spacial score (nSPS) is 11.1. The molecule has 0 saturated heterocycles. The molecule has 0 heterocycles. The Kier molecular flexibility index (Phi) is 11.7. The van der Waals surface area contributed by atoms with Crippen molar-refractivity contribution in [1.82, 2.24) is 0 Å². The van der Waals surface area contributed by atoms with Gasteiger partial charge in [0.25, 0.3) is 5.69 Å². The van der Waals surface area contributed by atoms with Crippen molar-refractivity contribution in [2.75, 3.05) is 6.61 Å². The minimum Gasteiger partial charge on any atom is -0.494 e. The van der Waals surface area contributed by atoms with Crippen LogP contribution in [-0.2, 0) is 4.79 Å². The minimum atomic E-state index is -0.526. The monoisotopic (exact) mass is 527 g/mol. The summed E-state index contributed by atoms with van der Waals surface area (Å²) in [5.41, 5.74) is 1.77. The Morgan fingerprint density at radius 2 is 1.49 bits per heavy atom. The summed E-state index contributed by atoms with van der Waals surface area (Å²) in [7, 11) is 0. The molecule has 0 bridgehead atoms. The van der Waals surface area contributed by atoms with Crippen molar-refractivity contribution < 1.29 is 24.0 Å². The molecule has 0 aliphatic heterocycles. The maximum absolute atomic E-state index is 12.4. The summed E-state index contributed by atoms with van der Waals surface area (Å²) in [5.74, 6) is 0.323. The summed E-state index contributed by atoms with van der Waals surface area (Å²) < 4.78 is 11.2. The van der Waals surface area contributed by atoms with Crippen LogP contribution in [0.25, 0.3) is 12.2 Å². The van der Waals surface area contributed by atoms with E-state index in [2.05, 4.69) is 6.92 Å². The van der Waals surface area contributed by atoms with E-state index in [-0.39, 0.29) is 11.5 Å². The van der Waals surface area contributed by atoms with Crippen LogP contribution in [0.3, 0.4) is 0 Å². The van der Waals surface area contributed by atoms with Crippen molar-refractivity contribution in [1.29, 1.82) is 0 Å². The van der Waals surface area contributed by atoms with E-state index in [1.807, 2.05) is 24.3 Å². The van der Waals surface area contributed by atoms with Gasteiger partial charge in [-0.1, -0.05) is 69.4 Å². The van der Waals surface area contributed by atoms with E-state index in [4.69, 9.17) is 9.47 Å². The molecule has 7 nitrogen and oxygen atoms in total. The van der Waals surface area contributed by atoms with Crippen LogP contribution in [0, 0.1) is 10.1 Å². The van der Waals surface area contributed by atoms with E-state index in [1.165, 1.54) is 68.5 Å². The molecule has 0 aromatic heterocycles. The van der Waals surface area contributed by atoms with Gasteiger partial charge in [-0.2, -0.15) is 0 Å². The van der Waals surface area contributed by atoms with Crippen molar-refractivity contribution in [2.45, 2.75) is 45.4 Å². The molecule has 3 rings (SSSR count). The number of nitro benzene ring substituents is 1. The number of hydrogen-bond acceptors (Lipinski definition) is 6. The van der Waals surface area contributed by atoms with Gasteiger partial charge in [0.15, 0.2) is 5.78 Å². The smallest absolute Gasteiger partial charge is 0.336 e. The van der Waals surface area contributed by atoms with Crippen LogP contribution in [0.2, 0.25) is 0 Å². The van der Waals surface area contributed by atoms with E-state index < -0.39 is 10.9 Å². The number of nitrogens with zero attached hydrogens (tertiary/aromatic N) is 1. The number of nitro groups is 1. The molecule has 7 heteroatoms. The molecular weight excluding hydrogens is 494 g/mol. The summed E-state index contributed by atoms with van der Waals surface area (Å²) >= 11 is 0. The zero-order valence-corrected chi connectivity index (χ0v) is 22.1. The third-order valence-electron chi connectivity index (χ3n) is 5.92. The van der Waals surface area contributed by atoms with Crippen LogP contribution in [0.4, 0.5) is 5.69 Å². The van der Waals surface area contributed by atoms with E-state index in [0.29, 0.717) is 23.5 Å². The molecule has 0 fully saturated rings. The Morgan fingerprint density at radius 1 is 0.795 bits per heavy atom. The fourth-order valence-electron chi connectivity index (χ4n) is 3.76. The second kappa shape index (κ2) is 15.7. The number of ether oxygens (including phenoxy) is 2. The average molecular weight is 528 g/mol. The lowest BCUT2D eigenvalue weighted by molar-refractivity contribution is -0.384.